The number of rotatable bonds is 15. The normalized spacial score (nSPS) is 14.9. The fraction of sp³-hybridized carbons (Fsp3) is 0.455. The molecule has 0 radical (unpaired) electrons. The van der Waals surface area contributed by atoms with Gasteiger partial charge in [0.05, 0.1) is 31.2 Å². The minimum absolute atomic E-state index is 0.0550. The van der Waals surface area contributed by atoms with Crippen molar-refractivity contribution < 1.29 is 28.9 Å². The number of aliphatic imine (C=N–C) groups is 2. The van der Waals surface area contributed by atoms with Crippen molar-refractivity contribution in [1.29, 1.82) is 0 Å². The second kappa shape index (κ2) is 16.7. The fourth-order valence-corrected chi connectivity index (χ4v) is 6.97. The molecule has 2 heterocycles. The van der Waals surface area contributed by atoms with Gasteiger partial charge in [0.2, 0.25) is 0 Å². The molecule has 0 spiro atoms. The van der Waals surface area contributed by atoms with Gasteiger partial charge >= 0.3 is 11.9 Å². The molecule has 4 aromatic carbocycles. The molecule has 8 nitrogen and oxygen atoms in total. The molecule has 0 fully saturated rings. The summed E-state index contributed by atoms with van der Waals surface area (Å²) in [6, 6.07) is 21.0. The smallest absolute Gasteiger partial charge is 0.305 e. The molecule has 1 N–H and O–H groups in total. The van der Waals surface area contributed by atoms with Crippen LogP contribution in [0.15, 0.2) is 70.6 Å². The van der Waals surface area contributed by atoms with Crippen LogP contribution in [0.1, 0.15) is 111 Å². The lowest BCUT2D eigenvalue weighted by molar-refractivity contribution is -0.143. The van der Waals surface area contributed by atoms with Gasteiger partial charge in [-0.1, -0.05) is 52.0 Å². The van der Waals surface area contributed by atoms with E-state index in [0.29, 0.717) is 32.7 Å². The summed E-state index contributed by atoms with van der Waals surface area (Å²) in [6.45, 7) is 16.6. The van der Waals surface area contributed by atoms with E-state index in [1.165, 1.54) is 32.7 Å². The third-order valence-corrected chi connectivity index (χ3v) is 10.5. The molecule has 2 aliphatic heterocycles. The molecule has 0 atom stereocenters. The lowest BCUT2D eigenvalue weighted by Crippen LogP contribution is -2.22. The molecule has 8 heteroatoms. The first-order valence-corrected chi connectivity index (χ1v) is 18.7. The molecule has 0 aromatic heterocycles. The van der Waals surface area contributed by atoms with Crippen LogP contribution in [-0.2, 0) is 25.2 Å². The van der Waals surface area contributed by atoms with Crippen LogP contribution in [0.25, 0.3) is 21.5 Å². The Kier molecular flexibility index (Phi) is 12.4. The van der Waals surface area contributed by atoms with Crippen molar-refractivity contribution in [2.75, 3.05) is 19.8 Å². The molecule has 0 saturated heterocycles. The highest BCUT2D eigenvalue weighted by atomic mass is 16.5. The number of nitrogens with zero attached hydrogens (tertiary/aromatic N) is 2. The highest BCUT2D eigenvalue weighted by molar-refractivity contribution is 6.07. The molecule has 2 aliphatic rings. The van der Waals surface area contributed by atoms with E-state index in [1.807, 2.05) is 19.1 Å². The molecule has 0 unspecified atom stereocenters. The lowest BCUT2D eigenvalue weighted by atomic mass is 9.80. The van der Waals surface area contributed by atoms with Crippen LogP contribution < -0.4 is 9.47 Å². The van der Waals surface area contributed by atoms with Crippen molar-refractivity contribution in [2.24, 2.45) is 9.98 Å². The van der Waals surface area contributed by atoms with Gasteiger partial charge < -0.3 is 19.3 Å². The van der Waals surface area contributed by atoms with Gasteiger partial charge in [0.1, 0.15) is 11.5 Å². The van der Waals surface area contributed by atoms with E-state index in [2.05, 4.69) is 90.1 Å². The third-order valence-electron chi connectivity index (χ3n) is 10.5. The highest BCUT2D eigenvalue weighted by Crippen LogP contribution is 2.46. The van der Waals surface area contributed by atoms with Crippen molar-refractivity contribution in [3.05, 3.63) is 71.8 Å². The summed E-state index contributed by atoms with van der Waals surface area (Å²) in [4.78, 5) is 31.3. The summed E-state index contributed by atoms with van der Waals surface area (Å²) in [5, 5.41) is 13.5. The zero-order valence-corrected chi connectivity index (χ0v) is 31.9. The van der Waals surface area contributed by atoms with E-state index in [-0.39, 0.29) is 23.2 Å². The van der Waals surface area contributed by atoms with Crippen molar-refractivity contribution >= 4 is 56.3 Å². The van der Waals surface area contributed by atoms with Crippen LogP contribution >= 0.6 is 0 Å². The number of carbonyl (C=O) groups is 2. The molecule has 0 bridgehead atoms. The number of unbranched alkanes of at least 4 members (excludes halogenated alkanes) is 4. The fourth-order valence-electron chi connectivity index (χ4n) is 6.97. The van der Waals surface area contributed by atoms with Gasteiger partial charge in [0.25, 0.3) is 0 Å². The van der Waals surface area contributed by atoms with Gasteiger partial charge in [-0.25, -0.2) is 0 Å². The maximum atomic E-state index is 11.3. The summed E-state index contributed by atoms with van der Waals surface area (Å²) in [5.74, 6) is 0.910. The van der Waals surface area contributed by atoms with E-state index >= 15 is 0 Å². The van der Waals surface area contributed by atoms with Crippen LogP contribution in [0.4, 0.5) is 11.4 Å². The summed E-state index contributed by atoms with van der Waals surface area (Å²) < 4.78 is 16.8. The Balaban J connectivity index is 0.000000202. The van der Waals surface area contributed by atoms with Crippen LogP contribution in [0.5, 0.6) is 11.5 Å². The van der Waals surface area contributed by atoms with Crippen molar-refractivity contribution in [1.82, 2.24) is 0 Å². The molecule has 276 valence electrons. The minimum atomic E-state index is -0.732. The van der Waals surface area contributed by atoms with Gasteiger partial charge in [0.15, 0.2) is 0 Å². The van der Waals surface area contributed by atoms with Crippen LogP contribution in [0.3, 0.4) is 0 Å². The molecular weight excluding hydrogens is 652 g/mol. The van der Waals surface area contributed by atoms with Gasteiger partial charge in [-0.05, 0) is 128 Å². The molecule has 4 aromatic rings. The number of esters is 1. The van der Waals surface area contributed by atoms with Gasteiger partial charge in [-0.2, -0.15) is 0 Å². The summed E-state index contributed by atoms with van der Waals surface area (Å²) in [6.07, 6.45) is 5.90. The number of carboxylic acids is 1. The van der Waals surface area contributed by atoms with E-state index in [0.717, 1.165) is 66.4 Å². The standard InChI is InChI=1S/C23H29NO3.C21H25NO3/c1-5-26-21(25)9-7-6-8-14-27-18-12-10-17-11-13-20-22(19(17)15-18)23(3,4)16(2)24-20;1-14-21(2,3)20-17-13-16(25-12-6-4-5-7-19(23)24)10-8-15(17)9-11-18(20)22-14/h10-13,15H,5-9,14H2,1-4H3;8-11,13H,4-7,12H2,1-3H3,(H,23,24). The topological polar surface area (TPSA) is 107 Å². The average molecular weight is 707 g/mol. The van der Waals surface area contributed by atoms with Gasteiger partial charge in [-0.3, -0.25) is 19.6 Å². The zero-order valence-electron chi connectivity index (χ0n) is 31.9. The highest BCUT2D eigenvalue weighted by Gasteiger charge is 2.35. The Labute approximate surface area is 308 Å². The Morgan fingerprint density at radius 1 is 0.635 bits per heavy atom. The molecule has 52 heavy (non-hydrogen) atoms. The van der Waals surface area contributed by atoms with Gasteiger partial charge in [0, 0.05) is 35.1 Å². The van der Waals surface area contributed by atoms with Crippen LogP contribution in [0, 0.1) is 0 Å². The Morgan fingerprint density at radius 3 is 1.52 bits per heavy atom. The number of fused-ring (bicyclic) bond motifs is 6. The summed E-state index contributed by atoms with van der Waals surface area (Å²) in [7, 11) is 0. The first-order chi connectivity index (χ1) is 24.8. The van der Waals surface area contributed by atoms with E-state index in [9.17, 15) is 9.59 Å². The summed E-state index contributed by atoms with van der Waals surface area (Å²) in [5.41, 5.74) is 6.86. The van der Waals surface area contributed by atoms with Crippen LogP contribution in [0.2, 0.25) is 0 Å². The van der Waals surface area contributed by atoms with E-state index in [4.69, 9.17) is 29.3 Å². The second-order valence-corrected chi connectivity index (χ2v) is 14.8. The molecule has 0 saturated carbocycles. The van der Waals surface area contributed by atoms with E-state index < -0.39 is 5.97 Å². The quantitative estimate of drug-likeness (QED) is 0.0974. The molecule has 0 amide bonds. The maximum Gasteiger partial charge on any atom is 0.305 e. The monoisotopic (exact) mass is 706 g/mol. The number of benzene rings is 4. The number of carbonyl (C=O) groups excluding carboxylic acids is 1. The molecule has 6 rings (SSSR count). The molecule has 0 aliphatic carbocycles. The zero-order chi connectivity index (χ0) is 37.5. The number of carboxylic acid groups (broad SMARTS) is 1. The Hall–Kier alpha value is -4.72. The van der Waals surface area contributed by atoms with Crippen molar-refractivity contribution in [2.45, 2.75) is 111 Å². The SMILES string of the molecule is CC1=Nc2ccc3ccc(OCCCCCC(=O)O)cc3c2C1(C)C.CCOC(=O)CCCCCOc1ccc2ccc3c(c2c1)C(C)(C)C(C)=N3. The lowest BCUT2D eigenvalue weighted by Gasteiger charge is -2.22. The molecular formula is C44H54N2O6. The largest absolute Gasteiger partial charge is 0.494 e. The van der Waals surface area contributed by atoms with Crippen molar-refractivity contribution in [3.63, 3.8) is 0 Å². The second-order valence-electron chi connectivity index (χ2n) is 14.8. The minimum Gasteiger partial charge on any atom is -0.494 e. The summed E-state index contributed by atoms with van der Waals surface area (Å²) >= 11 is 0. The van der Waals surface area contributed by atoms with Crippen molar-refractivity contribution in [3.8, 4) is 11.5 Å². The predicted octanol–water partition coefficient (Wildman–Crippen LogP) is 11.0. The number of hydrogen-bond donors (Lipinski definition) is 1. The predicted molar refractivity (Wildman–Crippen MR) is 212 cm³/mol. The first-order valence-electron chi connectivity index (χ1n) is 18.7. The van der Waals surface area contributed by atoms with Gasteiger partial charge in [-0.15, -0.1) is 0 Å². The Bertz CT molecular complexity index is 1990. The third kappa shape index (κ3) is 8.83. The first kappa shape index (κ1) is 38.5. The Morgan fingerprint density at radius 2 is 1.08 bits per heavy atom. The number of ether oxygens (including phenoxy) is 3. The van der Waals surface area contributed by atoms with Crippen LogP contribution in [-0.4, -0.2) is 48.3 Å². The van der Waals surface area contributed by atoms with E-state index in [1.54, 1.807) is 0 Å². The number of hydrogen-bond acceptors (Lipinski definition) is 7. The number of aliphatic carboxylic acids is 1. The average Bonchev–Trinajstić information content (AvgIpc) is 3.49. The maximum absolute atomic E-state index is 11.3.